The number of hydrogen-bond acceptors (Lipinski definition) is 10. The van der Waals surface area contributed by atoms with Gasteiger partial charge in [0.25, 0.3) is 11.7 Å². The number of nitrogens with zero attached hydrogens (tertiary/aromatic N) is 7. The molecule has 1 atom stereocenters. The molecule has 40 heavy (non-hydrogen) atoms. The summed E-state index contributed by atoms with van der Waals surface area (Å²) in [7, 11) is -2.10. The molecule has 0 bridgehead atoms. The highest BCUT2D eigenvalue weighted by atomic mass is 31.2. The van der Waals surface area contributed by atoms with Crippen molar-refractivity contribution in [1.82, 2.24) is 34.1 Å². The van der Waals surface area contributed by atoms with Crippen LogP contribution in [-0.4, -0.2) is 97.3 Å². The first kappa shape index (κ1) is 29.4. The standard InChI is InChI=1S/C25H34N7O7P/c1-16-27-14-32(28-16)23-21-20(19(37-6)12-26-23)18(13-31(21)15-38-40(7,36)39-25(3,4)5)22(34)24(35)30-10-8-29(9-11-30)17(2)33/h12-14H,8-11,15H2,1-7H3. The van der Waals surface area contributed by atoms with Crippen molar-refractivity contribution < 1.29 is 32.7 Å². The average Bonchev–Trinajstić information content (AvgIpc) is 3.49. The molecule has 4 rings (SSSR count). The highest BCUT2D eigenvalue weighted by Gasteiger charge is 2.33. The van der Waals surface area contributed by atoms with Gasteiger partial charge in [-0.1, -0.05) is 0 Å². The highest BCUT2D eigenvalue weighted by molar-refractivity contribution is 7.53. The Morgan fingerprint density at radius 2 is 1.73 bits per heavy atom. The van der Waals surface area contributed by atoms with Crippen LogP contribution in [0.2, 0.25) is 0 Å². The average molecular weight is 576 g/mol. The van der Waals surface area contributed by atoms with E-state index < -0.39 is 24.9 Å². The third-order valence-electron chi connectivity index (χ3n) is 6.21. The van der Waals surface area contributed by atoms with E-state index >= 15 is 0 Å². The van der Waals surface area contributed by atoms with Crippen LogP contribution in [0.4, 0.5) is 0 Å². The van der Waals surface area contributed by atoms with Crippen LogP contribution in [0.3, 0.4) is 0 Å². The lowest BCUT2D eigenvalue weighted by atomic mass is 10.1. The largest absolute Gasteiger partial charge is 0.494 e. The summed E-state index contributed by atoms with van der Waals surface area (Å²) in [5.41, 5.74) is -0.313. The van der Waals surface area contributed by atoms with E-state index in [4.69, 9.17) is 13.8 Å². The number of aromatic nitrogens is 5. The van der Waals surface area contributed by atoms with E-state index in [1.807, 2.05) is 0 Å². The summed E-state index contributed by atoms with van der Waals surface area (Å²) in [5, 5.41) is 4.66. The molecule has 1 aliphatic heterocycles. The maximum atomic E-state index is 13.7. The van der Waals surface area contributed by atoms with Crippen LogP contribution in [0.25, 0.3) is 16.7 Å². The van der Waals surface area contributed by atoms with Crippen molar-refractivity contribution in [1.29, 1.82) is 0 Å². The zero-order chi connectivity index (χ0) is 29.4. The smallest absolute Gasteiger partial charge is 0.329 e. The molecule has 14 nitrogen and oxygen atoms in total. The highest BCUT2D eigenvalue weighted by Crippen LogP contribution is 2.48. The number of ketones is 1. The monoisotopic (exact) mass is 575 g/mol. The minimum atomic E-state index is -3.53. The fourth-order valence-corrected chi connectivity index (χ4v) is 5.89. The molecule has 0 N–H and O–H groups in total. The molecule has 15 heteroatoms. The number of pyridine rings is 1. The van der Waals surface area contributed by atoms with Crippen LogP contribution >= 0.6 is 7.60 Å². The third kappa shape index (κ3) is 6.24. The minimum Gasteiger partial charge on any atom is -0.494 e. The van der Waals surface area contributed by atoms with Crippen molar-refractivity contribution in [3.63, 3.8) is 0 Å². The Morgan fingerprint density at radius 3 is 2.27 bits per heavy atom. The molecule has 0 aliphatic carbocycles. The molecule has 0 spiro atoms. The van der Waals surface area contributed by atoms with Gasteiger partial charge < -0.3 is 23.6 Å². The molecule has 3 aromatic heterocycles. The number of Topliss-reactive ketones (excluding diaryl/α,β-unsaturated/α-hetero) is 1. The van der Waals surface area contributed by atoms with Crippen molar-refractivity contribution in [2.75, 3.05) is 40.0 Å². The van der Waals surface area contributed by atoms with Crippen LogP contribution in [0, 0.1) is 6.92 Å². The predicted molar refractivity (Wildman–Crippen MR) is 145 cm³/mol. The van der Waals surface area contributed by atoms with E-state index in [1.165, 1.54) is 53.6 Å². The van der Waals surface area contributed by atoms with Gasteiger partial charge in [0, 0.05) is 46.0 Å². The van der Waals surface area contributed by atoms with Gasteiger partial charge in [-0.15, -0.1) is 0 Å². The van der Waals surface area contributed by atoms with Gasteiger partial charge in [0.05, 0.1) is 29.9 Å². The SMILES string of the molecule is COc1cnc(-n2cnc(C)n2)c2c1c(C(=O)C(=O)N1CCN(C(C)=O)CC1)cn2COP(C)(=O)OC(C)(C)C. The number of carbonyl (C=O) groups is 3. The maximum absolute atomic E-state index is 13.7. The van der Waals surface area contributed by atoms with E-state index in [0.29, 0.717) is 35.6 Å². The zero-order valence-electron chi connectivity index (χ0n) is 23.7. The van der Waals surface area contributed by atoms with Crippen molar-refractivity contribution in [2.24, 2.45) is 0 Å². The van der Waals surface area contributed by atoms with E-state index in [2.05, 4.69) is 15.1 Å². The Hall–Kier alpha value is -3.61. The van der Waals surface area contributed by atoms with Crippen LogP contribution < -0.4 is 4.74 Å². The lowest BCUT2D eigenvalue weighted by Gasteiger charge is -2.33. The molecular formula is C25H34N7O7P. The van der Waals surface area contributed by atoms with Gasteiger partial charge in [0.2, 0.25) is 5.91 Å². The van der Waals surface area contributed by atoms with E-state index in [1.54, 1.807) is 32.6 Å². The van der Waals surface area contributed by atoms with Crippen LogP contribution in [-0.2, 0) is 29.9 Å². The van der Waals surface area contributed by atoms with Crippen LogP contribution in [0.1, 0.15) is 43.9 Å². The Bertz CT molecular complexity index is 1500. The van der Waals surface area contributed by atoms with Gasteiger partial charge in [-0.25, -0.2) is 14.6 Å². The minimum absolute atomic E-state index is 0.0533. The molecule has 216 valence electrons. The van der Waals surface area contributed by atoms with Gasteiger partial charge in [-0.05, 0) is 27.7 Å². The zero-order valence-corrected chi connectivity index (χ0v) is 24.6. The van der Waals surface area contributed by atoms with E-state index in [-0.39, 0.29) is 37.0 Å². The number of aryl methyl sites for hydroxylation is 1. The Labute approximate surface area is 231 Å². The normalized spacial score (nSPS) is 15.8. The number of carbonyl (C=O) groups excluding carboxylic acids is 3. The second-order valence-corrected chi connectivity index (χ2v) is 12.5. The summed E-state index contributed by atoms with van der Waals surface area (Å²) >= 11 is 0. The summed E-state index contributed by atoms with van der Waals surface area (Å²) < 4.78 is 32.9. The summed E-state index contributed by atoms with van der Waals surface area (Å²) in [5.74, 6) is -0.527. The number of methoxy groups -OCH3 is 1. The first-order chi connectivity index (χ1) is 18.7. The fraction of sp³-hybridized carbons (Fsp3) is 0.520. The van der Waals surface area contributed by atoms with Crippen molar-refractivity contribution >= 4 is 36.1 Å². The Balaban J connectivity index is 1.79. The third-order valence-corrected chi connectivity index (χ3v) is 7.67. The van der Waals surface area contributed by atoms with Crippen molar-refractivity contribution in [3.05, 3.63) is 30.1 Å². The number of amides is 2. The van der Waals surface area contributed by atoms with Crippen molar-refractivity contribution in [3.8, 4) is 11.6 Å². The number of ether oxygens (including phenoxy) is 1. The Morgan fingerprint density at radius 1 is 1.07 bits per heavy atom. The lowest BCUT2D eigenvalue weighted by molar-refractivity contribution is -0.135. The lowest BCUT2D eigenvalue weighted by Crippen LogP contribution is -2.51. The van der Waals surface area contributed by atoms with Gasteiger partial charge in [0.15, 0.2) is 5.82 Å². The molecule has 1 fully saturated rings. The van der Waals surface area contributed by atoms with Gasteiger partial charge in [-0.2, -0.15) is 5.10 Å². The molecular weight excluding hydrogens is 541 g/mol. The fourth-order valence-electron chi connectivity index (χ4n) is 4.51. The topological polar surface area (TPSA) is 151 Å². The summed E-state index contributed by atoms with van der Waals surface area (Å²) in [6.07, 6.45) is 4.35. The van der Waals surface area contributed by atoms with Gasteiger partial charge >= 0.3 is 7.60 Å². The van der Waals surface area contributed by atoms with Gasteiger partial charge in [-0.3, -0.25) is 23.5 Å². The number of piperazine rings is 1. The van der Waals surface area contributed by atoms with Gasteiger partial charge in [0.1, 0.15) is 30.1 Å². The van der Waals surface area contributed by atoms with Crippen LogP contribution in [0.15, 0.2) is 18.7 Å². The molecule has 0 saturated carbocycles. The first-order valence-electron chi connectivity index (χ1n) is 12.7. The molecule has 4 heterocycles. The first-order valence-corrected chi connectivity index (χ1v) is 14.7. The maximum Gasteiger partial charge on any atom is 0.329 e. The van der Waals surface area contributed by atoms with E-state index in [0.717, 1.165) is 0 Å². The number of fused-ring (bicyclic) bond motifs is 1. The second kappa shape index (κ2) is 11.1. The summed E-state index contributed by atoms with van der Waals surface area (Å²) in [6, 6.07) is 0. The number of rotatable bonds is 8. The van der Waals surface area contributed by atoms with Crippen LogP contribution in [0.5, 0.6) is 5.75 Å². The molecule has 2 amide bonds. The molecule has 0 aromatic carbocycles. The number of hydrogen-bond donors (Lipinski definition) is 0. The second-order valence-electron chi connectivity index (χ2n) is 10.5. The molecule has 0 radical (unpaired) electrons. The molecule has 1 saturated heterocycles. The molecule has 1 aliphatic rings. The predicted octanol–water partition coefficient (Wildman–Crippen LogP) is 2.42. The van der Waals surface area contributed by atoms with E-state index in [9.17, 15) is 18.9 Å². The Kier molecular flexibility index (Phi) is 8.16. The summed E-state index contributed by atoms with van der Waals surface area (Å²) in [4.78, 5) is 50.4. The summed E-state index contributed by atoms with van der Waals surface area (Å²) in [6.45, 7) is 10.7. The molecule has 3 aromatic rings. The van der Waals surface area contributed by atoms with Crippen molar-refractivity contribution in [2.45, 2.75) is 47.0 Å². The molecule has 1 unspecified atom stereocenters. The quantitative estimate of drug-likeness (QED) is 0.222.